The van der Waals surface area contributed by atoms with Crippen LogP contribution in [0.15, 0.2) is 35.3 Å². The summed E-state index contributed by atoms with van der Waals surface area (Å²) >= 11 is 0. The Balaban J connectivity index is 0.00000312. The smallest absolute Gasteiger partial charge is 0.223 e. The molecule has 1 aliphatic carbocycles. The highest BCUT2D eigenvalue weighted by Gasteiger charge is 2.28. The maximum Gasteiger partial charge on any atom is 0.223 e. The van der Waals surface area contributed by atoms with Crippen LogP contribution >= 0.6 is 24.0 Å². The molecule has 25 heavy (non-hydrogen) atoms. The SMILES string of the molecule is CCNC(=NCCNC(=O)C1CC1)NCCN(C)c1ccccc1.I. The van der Waals surface area contributed by atoms with Gasteiger partial charge in [0.05, 0.1) is 6.54 Å². The molecule has 1 amide bonds. The third-order valence-corrected chi connectivity index (χ3v) is 3.91. The number of carbonyl (C=O) groups excluding carboxylic acids is 1. The van der Waals surface area contributed by atoms with Crippen molar-refractivity contribution in [2.75, 3.05) is 44.7 Å². The molecule has 1 fully saturated rings. The lowest BCUT2D eigenvalue weighted by Gasteiger charge is -2.20. The Kier molecular flexibility index (Phi) is 10.3. The van der Waals surface area contributed by atoms with E-state index in [0.717, 1.165) is 38.4 Å². The first-order valence-electron chi connectivity index (χ1n) is 8.76. The number of anilines is 1. The second kappa shape index (κ2) is 11.9. The van der Waals surface area contributed by atoms with E-state index in [9.17, 15) is 4.79 Å². The number of hydrogen-bond donors (Lipinski definition) is 3. The molecule has 0 aromatic heterocycles. The monoisotopic (exact) mass is 459 g/mol. The van der Waals surface area contributed by atoms with Crippen LogP contribution in [0.2, 0.25) is 0 Å². The number of hydrogen-bond acceptors (Lipinski definition) is 3. The Hall–Kier alpha value is -1.51. The normalized spacial score (nSPS) is 13.6. The average molecular weight is 459 g/mol. The van der Waals surface area contributed by atoms with Crippen LogP contribution in [0.4, 0.5) is 5.69 Å². The highest BCUT2D eigenvalue weighted by atomic mass is 127. The summed E-state index contributed by atoms with van der Waals surface area (Å²) in [4.78, 5) is 18.3. The van der Waals surface area contributed by atoms with E-state index in [1.54, 1.807) is 0 Å². The Labute approximate surface area is 167 Å². The number of para-hydroxylation sites is 1. The quantitative estimate of drug-likeness (QED) is 0.228. The number of guanidine groups is 1. The minimum atomic E-state index is 0. The lowest BCUT2D eigenvalue weighted by molar-refractivity contribution is -0.122. The van der Waals surface area contributed by atoms with Gasteiger partial charge in [0.25, 0.3) is 0 Å². The number of likely N-dealkylation sites (N-methyl/N-ethyl adjacent to an activating group) is 1. The molecular weight excluding hydrogens is 429 g/mol. The molecule has 0 atom stereocenters. The van der Waals surface area contributed by atoms with Crippen LogP contribution in [0.1, 0.15) is 19.8 Å². The van der Waals surface area contributed by atoms with Gasteiger partial charge in [0, 0.05) is 44.8 Å². The molecule has 7 heteroatoms. The molecule has 0 spiro atoms. The van der Waals surface area contributed by atoms with E-state index in [0.29, 0.717) is 13.1 Å². The zero-order chi connectivity index (χ0) is 17.2. The maximum atomic E-state index is 11.6. The van der Waals surface area contributed by atoms with Crippen molar-refractivity contribution in [3.63, 3.8) is 0 Å². The summed E-state index contributed by atoms with van der Waals surface area (Å²) in [6, 6.07) is 10.3. The van der Waals surface area contributed by atoms with Crippen molar-refractivity contribution in [3.05, 3.63) is 30.3 Å². The zero-order valence-corrected chi connectivity index (χ0v) is 17.5. The summed E-state index contributed by atoms with van der Waals surface area (Å²) in [6.07, 6.45) is 2.07. The molecule has 140 valence electrons. The highest BCUT2D eigenvalue weighted by Crippen LogP contribution is 2.28. The summed E-state index contributed by atoms with van der Waals surface area (Å²) in [7, 11) is 2.08. The van der Waals surface area contributed by atoms with Crippen molar-refractivity contribution < 1.29 is 4.79 Å². The highest BCUT2D eigenvalue weighted by molar-refractivity contribution is 14.0. The fourth-order valence-electron chi connectivity index (χ4n) is 2.33. The van der Waals surface area contributed by atoms with Gasteiger partial charge in [0.1, 0.15) is 0 Å². The molecule has 0 radical (unpaired) electrons. The van der Waals surface area contributed by atoms with Gasteiger partial charge in [-0.2, -0.15) is 0 Å². The van der Waals surface area contributed by atoms with Crippen LogP contribution in [-0.4, -0.2) is 51.6 Å². The molecule has 1 aromatic rings. The predicted octanol–water partition coefficient (Wildman–Crippen LogP) is 1.82. The molecule has 1 aromatic carbocycles. The molecule has 1 aliphatic rings. The Bertz CT molecular complexity index is 534. The number of rotatable bonds is 9. The molecule has 2 rings (SSSR count). The van der Waals surface area contributed by atoms with Gasteiger partial charge in [-0.1, -0.05) is 18.2 Å². The van der Waals surface area contributed by atoms with Gasteiger partial charge in [-0.25, -0.2) is 0 Å². The van der Waals surface area contributed by atoms with Gasteiger partial charge in [-0.05, 0) is 31.9 Å². The van der Waals surface area contributed by atoms with Crippen LogP contribution < -0.4 is 20.9 Å². The fourth-order valence-corrected chi connectivity index (χ4v) is 2.33. The number of nitrogens with one attached hydrogen (secondary N) is 3. The molecule has 0 aliphatic heterocycles. The minimum Gasteiger partial charge on any atom is -0.373 e. The molecule has 0 bridgehead atoms. The number of halogens is 1. The zero-order valence-electron chi connectivity index (χ0n) is 15.1. The third kappa shape index (κ3) is 8.42. The van der Waals surface area contributed by atoms with E-state index in [-0.39, 0.29) is 35.8 Å². The summed E-state index contributed by atoms with van der Waals surface area (Å²) in [5, 5.41) is 9.48. The number of carbonyl (C=O) groups is 1. The van der Waals surface area contributed by atoms with Crippen molar-refractivity contribution in [3.8, 4) is 0 Å². The second-order valence-corrected chi connectivity index (χ2v) is 6.01. The van der Waals surface area contributed by atoms with E-state index < -0.39 is 0 Å². The van der Waals surface area contributed by atoms with Crippen molar-refractivity contribution >= 4 is 41.5 Å². The average Bonchev–Trinajstić information content (AvgIpc) is 3.44. The van der Waals surface area contributed by atoms with E-state index in [4.69, 9.17) is 0 Å². The molecule has 3 N–H and O–H groups in total. The fraction of sp³-hybridized carbons (Fsp3) is 0.556. The van der Waals surface area contributed by atoms with Crippen molar-refractivity contribution in [2.45, 2.75) is 19.8 Å². The van der Waals surface area contributed by atoms with Crippen LogP contribution in [-0.2, 0) is 4.79 Å². The van der Waals surface area contributed by atoms with Crippen molar-refractivity contribution in [1.82, 2.24) is 16.0 Å². The first-order chi connectivity index (χ1) is 11.7. The van der Waals surface area contributed by atoms with Crippen LogP contribution in [0.25, 0.3) is 0 Å². The van der Waals surface area contributed by atoms with Crippen LogP contribution in [0.5, 0.6) is 0 Å². The van der Waals surface area contributed by atoms with Crippen molar-refractivity contribution in [2.24, 2.45) is 10.9 Å². The van der Waals surface area contributed by atoms with Crippen LogP contribution in [0, 0.1) is 5.92 Å². The molecule has 6 nitrogen and oxygen atoms in total. The number of nitrogens with zero attached hydrogens (tertiary/aromatic N) is 2. The topological polar surface area (TPSA) is 68.8 Å². The summed E-state index contributed by atoms with van der Waals surface area (Å²) in [6.45, 7) is 5.72. The summed E-state index contributed by atoms with van der Waals surface area (Å²) < 4.78 is 0. The predicted molar refractivity (Wildman–Crippen MR) is 115 cm³/mol. The third-order valence-electron chi connectivity index (χ3n) is 3.91. The molecule has 0 unspecified atom stereocenters. The second-order valence-electron chi connectivity index (χ2n) is 6.01. The molecular formula is C18H30IN5O. The lowest BCUT2D eigenvalue weighted by atomic mass is 10.3. The van der Waals surface area contributed by atoms with Gasteiger partial charge in [0.15, 0.2) is 5.96 Å². The largest absolute Gasteiger partial charge is 0.373 e. The summed E-state index contributed by atoms with van der Waals surface area (Å²) in [5.74, 6) is 1.22. The van der Waals surface area contributed by atoms with Crippen LogP contribution in [0.3, 0.4) is 0 Å². The van der Waals surface area contributed by atoms with E-state index in [2.05, 4.69) is 45.0 Å². The first-order valence-corrected chi connectivity index (χ1v) is 8.76. The number of amides is 1. The molecule has 0 saturated heterocycles. The van der Waals surface area contributed by atoms with Gasteiger partial charge < -0.3 is 20.9 Å². The Morgan fingerprint density at radius 2 is 1.88 bits per heavy atom. The van der Waals surface area contributed by atoms with E-state index in [1.807, 2.05) is 25.1 Å². The Morgan fingerprint density at radius 1 is 1.16 bits per heavy atom. The molecule has 0 heterocycles. The number of benzene rings is 1. The van der Waals surface area contributed by atoms with Gasteiger partial charge in [-0.15, -0.1) is 24.0 Å². The first kappa shape index (κ1) is 21.5. The molecule has 1 saturated carbocycles. The van der Waals surface area contributed by atoms with Gasteiger partial charge >= 0.3 is 0 Å². The minimum absolute atomic E-state index is 0. The van der Waals surface area contributed by atoms with Crippen molar-refractivity contribution in [1.29, 1.82) is 0 Å². The lowest BCUT2D eigenvalue weighted by Crippen LogP contribution is -2.41. The maximum absolute atomic E-state index is 11.6. The van der Waals surface area contributed by atoms with E-state index in [1.165, 1.54) is 5.69 Å². The summed E-state index contributed by atoms with van der Waals surface area (Å²) in [5.41, 5.74) is 1.20. The number of aliphatic imine (C=N–C) groups is 1. The van der Waals surface area contributed by atoms with Gasteiger partial charge in [-0.3, -0.25) is 9.79 Å². The van der Waals surface area contributed by atoms with E-state index >= 15 is 0 Å². The Morgan fingerprint density at radius 3 is 2.52 bits per heavy atom. The van der Waals surface area contributed by atoms with Gasteiger partial charge in [0.2, 0.25) is 5.91 Å². The standard InChI is InChI=1S/C18H29N5O.HI/c1-3-19-18(21-12-11-20-17(24)15-9-10-15)22-13-14-23(2)16-7-5-4-6-8-16;/h4-8,15H,3,9-14H2,1-2H3,(H,20,24)(H2,19,21,22);1H.